The Hall–Kier alpha value is -3.13. The first-order valence-electron chi connectivity index (χ1n) is 9.09. The fraction of sp³-hybridized carbons (Fsp3) is 0.0833. The largest absolute Gasteiger partial charge is 0.303 e. The summed E-state index contributed by atoms with van der Waals surface area (Å²) in [5.41, 5.74) is 3.72. The van der Waals surface area contributed by atoms with Gasteiger partial charge in [0, 0.05) is 5.56 Å². The lowest BCUT2D eigenvalue weighted by molar-refractivity contribution is 0.0998. The molecule has 1 aromatic heterocycles. The Bertz CT molecular complexity index is 1280. The second-order valence-corrected chi connectivity index (χ2v) is 7.95. The van der Waals surface area contributed by atoms with E-state index in [1.54, 1.807) is 6.07 Å². The van der Waals surface area contributed by atoms with Crippen molar-refractivity contribution in [3.8, 4) is 12.3 Å². The number of benzene rings is 3. The molecule has 4 rings (SSSR count). The van der Waals surface area contributed by atoms with Gasteiger partial charge in [-0.3, -0.25) is 4.79 Å². The lowest BCUT2D eigenvalue weighted by Crippen LogP contribution is -2.16. The predicted octanol–water partition coefficient (Wildman–Crippen LogP) is 5.32. The fourth-order valence-corrected chi connectivity index (χ4v) is 4.55. The Morgan fingerprint density at radius 1 is 1.00 bits per heavy atom. The average molecular weight is 417 g/mol. The minimum atomic E-state index is -0.301. The van der Waals surface area contributed by atoms with Gasteiger partial charge in [-0.25, -0.2) is 0 Å². The van der Waals surface area contributed by atoms with Gasteiger partial charge in [0.05, 0.1) is 21.8 Å². The number of terminal acetylenes is 1. The predicted molar refractivity (Wildman–Crippen MR) is 119 cm³/mol. The summed E-state index contributed by atoms with van der Waals surface area (Å²) in [6.07, 6.45) is 6.34. The molecule has 0 unspecified atom stereocenters. The Kier molecular flexibility index (Phi) is 5.62. The van der Waals surface area contributed by atoms with Crippen molar-refractivity contribution in [3.63, 3.8) is 0 Å². The number of amides is 1. The van der Waals surface area contributed by atoms with E-state index in [9.17, 15) is 4.79 Å². The van der Waals surface area contributed by atoms with Crippen molar-refractivity contribution in [2.45, 2.75) is 13.0 Å². The van der Waals surface area contributed by atoms with Crippen molar-refractivity contribution < 1.29 is 4.79 Å². The molecule has 3 nitrogen and oxygen atoms in total. The third kappa shape index (κ3) is 4.17. The topological polar surface area (TPSA) is 34.4 Å². The minimum absolute atomic E-state index is 0.297. The van der Waals surface area contributed by atoms with Gasteiger partial charge in [0.25, 0.3) is 5.91 Å². The van der Waals surface area contributed by atoms with Crippen molar-refractivity contribution in [2.24, 2.45) is 4.99 Å². The molecule has 0 bridgehead atoms. The number of hydrogen-bond acceptors (Lipinski definition) is 2. The highest BCUT2D eigenvalue weighted by Crippen LogP contribution is 2.25. The van der Waals surface area contributed by atoms with Gasteiger partial charge in [-0.15, -0.1) is 6.42 Å². The van der Waals surface area contributed by atoms with Gasteiger partial charge in [0.15, 0.2) is 4.80 Å². The second-order valence-electron chi connectivity index (χ2n) is 6.54. The van der Waals surface area contributed by atoms with Crippen LogP contribution in [0.4, 0.5) is 0 Å². The molecule has 0 aliphatic rings. The summed E-state index contributed by atoms with van der Waals surface area (Å²) in [5, 5.41) is 0.591. The zero-order valence-electron chi connectivity index (χ0n) is 15.5. The molecule has 0 fully saturated rings. The van der Waals surface area contributed by atoms with E-state index in [2.05, 4.69) is 23.0 Å². The van der Waals surface area contributed by atoms with Crippen LogP contribution in [0, 0.1) is 12.3 Å². The van der Waals surface area contributed by atoms with E-state index in [0.717, 1.165) is 22.2 Å². The highest BCUT2D eigenvalue weighted by atomic mass is 35.5. The average Bonchev–Trinajstić information content (AvgIpc) is 3.08. The maximum atomic E-state index is 12.7. The quantitative estimate of drug-likeness (QED) is 0.414. The van der Waals surface area contributed by atoms with Crippen LogP contribution in [0.25, 0.3) is 10.2 Å². The van der Waals surface area contributed by atoms with E-state index in [0.29, 0.717) is 21.9 Å². The molecule has 4 aromatic rings. The van der Waals surface area contributed by atoms with E-state index >= 15 is 0 Å². The van der Waals surface area contributed by atoms with Crippen molar-refractivity contribution in [3.05, 3.63) is 99.3 Å². The van der Waals surface area contributed by atoms with Crippen LogP contribution in [0.2, 0.25) is 5.02 Å². The number of para-hydroxylation sites is 1. The van der Waals surface area contributed by atoms with Gasteiger partial charge in [-0.05, 0) is 41.8 Å². The smallest absolute Gasteiger partial charge is 0.279 e. The highest BCUT2D eigenvalue weighted by Gasteiger charge is 2.11. The lowest BCUT2D eigenvalue weighted by Gasteiger charge is -2.03. The number of halogens is 1. The molecule has 0 atom stereocenters. The zero-order chi connectivity index (χ0) is 20.2. The molecular formula is C24H17ClN2OS. The van der Waals surface area contributed by atoms with Gasteiger partial charge in [-0.1, -0.05) is 77.4 Å². The second kappa shape index (κ2) is 8.48. The van der Waals surface area contributed by atoms with Crippen LogP contribution < -0.4 is 4.80 Å². The molecule has 142 valence electrons. The molecule has 3 aromatic carbocycles. The number of thiazole rings is 1. The molecule has 1 heterocycles. The summed E-state index contributed by atoms with van der Waals surface area (Å²) in [6.45, 7) is 0.297. The third-order valence-electron chi connectivity index (χ3n) is 4.55. The molecule has 1 amide bonds. The molecule has 0 N–H and O–H groups in total. The Labute approximate surface area is 177 Å². The molecule has 0 radical (unpaired) electrons. The molecule has 0 saturated heterocycles. The van der Waals surface area contributed by atoms with Gasteiger partial charge in [-0.2, -0.15) is 4.99 Å². The third-order valence-corrected chi connectivity index (χ3v) is 5.90. The van der Waals surface area contributed by atoms with E-state index < -0.39 is 0 Å². The van der Waals surface area contributed by atoms with E-state index in [-0.39, 0.29) is 5.91 Å². The summed E-state index contributed by atoms with van der Waals surface area (Å²) in [4.78, 5) is 17.6. The molecule has 5 heteroatoms. The molecule has 0 aliphatic carbocycles. The van der Waals surface area contributed by atoms with Crippen LogP contribution in [0.15, 0.2) is 77.8 Å². The van der Waals surface area contributed by atoms with Crippen LogP contribution in [0.1, 0.15) is 21.5 Å². The van der Waals surface area contributed by atoms with E-state index in [1.807, 2.05) is 59.2 Å². The molecular weight excluding hydrogens is 400 g/mol. The van der Waals surface area contributed by atoms with Gasteiger partial charge >= 0.3 is 0 Å². The molecule has 0 spiro atoms. The Morgan fingerprint density at radius 2 is 1.72 bits per heavy atom. The van der Waals surface area contributed by atoms with Crippen LogP contribution in [-0.4, -0.2) is 10.5 Å². The van der Waals surface area contributed by atoms with Crippen molar-refractivity contribution in [1.29, 1.82) is 0 Å². The normalized spacial score (nSPS) is 11.5. The number of aromatic nitrogens is 1. The van der Waals surface area contributed by atoms with Gasteiger partial charge < -0.3 is 4.57 Å². The molecule has 29 heavy (non-hydrogen) atoms. The maximum Gasteiger partial charge on any atom is 0.279 e. The standard InChI is InChI=1S/C24H17ClN2OS/c1-2-15-27-22-20(25)9-6-10-21(22)29-24(27)26-23(28)19-13-11-18(12-14-19)16-17-7-4-3-5-8-17/h1,3-14H,15-16H2. The van der Waals surface area contributed by atoms with Gasteiger partial charge in [0.2, 0.25) is 0 Å². The summed E-state index contributed by atoms with van der Waals surface area (Å²) in [7, 11) is 0. The van der Waals surface area contributed by atoms with E-state index in [4.69, 9.17) is 18.0 Å². The maximum absolute atomic E-state index is 12.7. The van der Waals surface area contributed by atoms with Crippen LogP contribution >= 0.6 is 22.9 Å². The Morgan fingerprint density at radius 3 is 2.45 bits per heavy atom. The number of fused-ring (bicyclic) bond motifs is 1. The lowest BCUT2D eigenvalue weighted by atomic mass is 10.0. The van der Waals surface area contributed by atoms with Crippen molar-refractivity contribution >= 4 is 39.1 Å². The number of carbonyl (C=O) groups is 1. The number of nitrogens with zero attached hydrogens (tertiary/aromatic N) is 2. The van der Waals surface area contributed by atoms with Crippen LogP contribution in [0.5, 0.6) is 0 Å². The van der Waals surface area contributed by atoms with E-state index in [1.165, 1.54) is 16.9 Å². The SMILES string of the molecule is C#CCn1c(=NC(=O)c2ccc(Cc3ccccc3)cc2)sc2cccc(Cl)c21. The first-order chi connectivity index (χ1) is 14.2. The highest BCUT2D eigenvalue weighted by molar-refractivity contribution is 7.16. The number of rotatable bonds is 4. The first kappa shape index (κ1) is 19.2. The minimum Gasteiger partial charge on any atom is -0.303 e. The monoisotopic (exact) mass is 416 g/mol. The fourth-order valence-electron chi connectivity index (χ4n) is 3.16. The summed E-state index contributed by atoms with van der Waals surface area (Å²) in [5.74, 6) is 2.31. The molecule has 0 aliphatic heterocycles. The van der Waals surface area contributed by atoms with Crippen molar-refractivity contribution in [2.75, 3.05) is 0 Å². The Balaban J connectivity index is 1.65. The number of carbonyl (C=O) groups excluding carboxylic acids is 1. The zero-order valence-corrected chi connectivity index (χ0v) is 17.1. The number of hydrogen-bond donors (Lipinski definition) is 0. The first-order valence-corrected chi connectivity index (χ1v) is 10.3. The molecule has 0 saturated carbocycles. The summed E-state index contributed by atoms with van der Waals surface area (Å²) >= 11 is 7.74. The summed E-state index contributed by atoms with van der Waals surface area (Å²) < 4.78 is 2.75. The van der Waals surface area contributed by atoms with Crippen LogP contribution in [-0.2, 0) is 13.0 Å². The summed E-state index contributed by atoms with van der Waals surface area (Å²) in [6, 6.07) is 23.4. The van der Waals surface area contributed by atoms with Crippen molar-refractivity contribution in [1.82, 2.24) is 4.57 Å². The van der Waals surface area contributed by atoms with Gasteiger partial charge in [0.1, 0.15) is 0 Å². The van der Waals surface area contributed by atoms with Crippen LogP contribution in [0.3, 0.4) is 0 Å².